The monoisotopic (exact) mass is 419 g/mol. The highest BCUT2D eigenvalue weighted by Gasteiger charge is 2.31. The normalized spacial score (nSPS) is 20.7. The number of amides is 1. The summed E-state index contributed by atoms with van der Waals surface area (Å²) in [7, 11) is -1.49. The Morgan fingerprint density at radius 1 is 1.19 bits per heavy atom. The Hall–Kier alpha value is -0.670. The average molecular weight is 420 g/mol. The van der Waals surface area contributed by atoms with Crippen LogP contribution in [-0.2, 0) is 14.8 Å². The number of nitrogens with zero attached hydrogens (tertiary/aromatic N) is 3. The van der Waals surface area contributed by atoms with Crippen LogP contribution >= 0.6 is 22.9 Å². The third-order valence-corrected chi connectivity index (χ3v) is 8.91. The third kappa shape index (κ3) is 4.59. The summed E-state index contributed by atoms with van der Waals surface area (Å²) in [5, 5.41) is 0. The molecule has 3 rings (SSSR count). The fourth-order valence-electron chi connectivity index (χ4n) is 3.71. The maximum atomic E-state index is 12.6. The van der Waals surface area contributed by atoms with Crippen molar-refractivity contribution in [3.8, 4) is 0 Å². The number of piperazine rings is 1. The van der Waals surface area contributed by atoms with Gasteiger partial charge in [-0.05, 0) is 32.0 Å². The highest BCUT2D eigenvalue weighted by Crippen LogP contribution is 2.28. The second-order valence-electron chi connectivity index (χ2n) is 7.05. The number of likely N-dealkylation sites (N-methyl/N-ethyl adjacent to an activating group) is 1. The van der Waals surface area contributed by atoms with Gasteiger partial charge in [0, 0.05) is 32.2 Å². The van der Waals surface area contributed by atoms with Crippen LogP contribution in [0.3, 0.4) is 0 Å². The molecule has 1 aromatic rings. The van der Waals surface area contributed by atoms with Crippen LogP contribution in [0.15, 0.2) is 16.3 Å². The van der Waals surface area contributed by atoms with Crippen LogP contribution < -0.4 is 0 Å². The quantitative estimate of drug-likeness (QED) is 0.735. The van der Waals surface area contributed by atoms with E-state index in [0.717, 1.165) is 11.3 Å². The Morgan fingerprint density at radius 3 is 2.42 bits per heavy atom. The van der Waals surface area contributed by atoms with Gasteiger partial charge in [-0.25, -0.2) is 8.42 Å². The topological polar surface area (TPSA) is 60.9 Å². The van der Waals surface area contributed by atoms with E-state index < -0.39 is 10.0 Å². The van der Waals surface area contributed by atoms with E-state index in [1.165, 1.54) is 36.4 Å². The molecule has 0 unspecified atom stereocenters. The summed E-state index contributed by atoms with van der Waals surface area (Å²) in [5.74, 6) is 0.0919. The van der Waals surface area contributed by atoms with Crippen molar-refractivity contribution in [2.24, 2.45) is 0 Å². The number of thiophene rings is 1. The summed E-state index contributed by atoms with van der Waals surface area (Å²) in [6.45, 7) is 1.96. The van der Waals surface area contributed by atoms with Gasteiger partial charge in [0.2, 0.25) is 5.91 Å². The predicted molar refractivity (Wildman–Crippen MR) is 104 cm³/mol. The van der Waals surface area contributed by atoms with E-state index in [9.17, 15) is 13.2 Å². The van der Waals surface area contributed by atoms with Crippen LogP contribution in [0.2, 0.25) is 4.34 Å². The summed E-state index contributed by atoms with van der Waals surface area (Å²) < 4.78 is 27.4. The van der Waals surface area contributed by atoms with Crippen molar-refractivity contribution in [2.75, 3.05) is 39.8 Å². The molecule has 2 aliphatic rings. The van der Waals surface area contributed by atoms with Crippen molar-refractivity contribution in [3.63, 3.8) is 0 Å². The SMILES string of the molecule is CN(CC(=O)N1CCN(S(=O)(=O)c2ccc(Cl)s2)CC1)C1CCCCC1. The molecule has 1 aliphatic heterocycles. The first-order chi connectivity index (χ1) is 12.4. The lowest BCUT2D eigenvalue weighted by atomic mass is 9.94. The summed E-state index contributed by atoms with van der Waals surface area (Å²) in [6.07, 6.45) is 6.11. The van der Waals surface area contributed by atoms with Crippen LogP contribution in [0.4, 0.5) is 0 Å². The number of carbonyl (C=O) groups excluding carboxylic acids is 1. The molecule has 1 saturated heterocycles. The molecule has 0 bridgehead atoms. The minimum Gasteiger partial charge on any atom is -0.339 e. The van der Waals surface area contributed by atoms with E-state index in [1.807, 2.05) is 7.05 Å². The molecule has 2 fully saturated rings. The number of carbonyl (C=O) groups is 1. The Labute approximate surface area is 164 Å². The first-order valence-corrected chi connectivity index (χ1v) is 11.7. The molecule has 0 aromatic carbocycles. The standard InChI is InChI=1S/C17H26ClN3O3S2/c1-19(14-5-3-2-4-6-14)13-16(22)20-9-11-21(12-10-20)26(23,24)17-8-7-15(18)25-17/h7-8,14H,2-6,9-13H2,1H3. The second-order valence-corrected chi connectivity index (χ2v) is 10.9. The van der Waals surface area contributed by atoms with E-state index in [0.29, 0.717) is 43.1 Å². The maximum Gasteiger partial charge on any atom is 0.252 e. The average Bonchev–Trinajstić information content (AvgIpc) is 3.10. The highest BCUT2D eigenvalue weighted by molar-refractivity contribution is 7.91. The lowest BCUT2D eigenvalue weighted by molar-refractivity contribution is -0.133. The molecule has 1 aromatic heterocycles. The van der Waals surface area contributed by atoms with Gasteiger partial charge < -0.3 is 4.90 Å². The summed E-state index contributed by atoms with van der Waals surface area (Å²) in [5.41, 5.74) is 0. The van der Waals surface area contributed by atoms with Gasteiger partial charge >= 0.3 is 0 Å². The fourth-order valence-corrected chi connectivity index (χ4v) is 6.76. The molecular weight excluding hydrogens is 394 g/mol. The summed E-state index contributed by atoms with van der Waals surface area (Å²) >= 11 is 6.93. The molecule has 1 saturated carbocycles. The van der Waals surface area contributed by atoms with Crippen molar-refractivity contribution in [1.82, 2.24) is 14.1 Å². The first-order valence-electron chi connectivity index (χ1n) is 9.11. The number of halogens is 1. The van der Waals surface area contributed by atoms with E-state index in [-0.39, 0.29) is 10.1 Å². The van der Waals surface area contributed by atoms with Gasteiger partial charge in [0.05, 0.1) is 10.9 Å². The Balaban J connectivity index is 1.52. The van der Waals surface area contributed by atoms with Gasteiger partial charge in [-0.1, -0.05) is 30.9 Å². The molecule has 0 spiro atoms. The second kappa shape index (κ2) is 8.56. The van der Waals surface area contributed by atoms with Gasteiger partial charge in [-0.3, -0.25) is 9.69 Å². The van der Waals surface area contributed by atoms with Gasteiger partial charge in [-0.15, -0.1) is 11.3 Å². The van der Waals surface area contributed by atoms with Crippen LogP contribution in [0, 0.1) is 0 Å². The van der Waals surface area contributed by atoms with Crippen LogP contribution in [0.5, 0.6) is 0 Å². The molecule has 2 heterocycles. The number of hydrogen-bond acceptors (Lipinski definition) is 5. The molecule has 0 N–H and O–H groups in total. The van der Waals surface area contributed by atoms with Gasteiger partial charge in [0.15, 0.2) is 0 Å². The smallest absolute Gasteiger partial charge is 0.252 e. The van der Waals surface area contributed by atoms with Crippen LogP contribution in [-0.4, -0.2) is 74.2 Å². The molecule has 146 valence electrons. The number of hydrogen-bond donors (Lipinski definition) is 0. The van der Waals surface area contributed by atoms with Gasteiger partial charge in [-0.2, -0.15) is 4.31 Å². The summed E-state index contributed by atoms with van der Waals surface area (Å²) in [6, 6.07) is 3.64. The van der Waals surface area contributed by atoms with Crippen molar-refractivity contribution in [2.45, 2.75) is 42.4 Å². The zero-order valence-electron chi connectivity index (χ0n) is 15.1. The van der Waals surface area contributed by atoms with Gasteiger partial charge in [0.25, 0.3) is 10.0 Å². The maximum absolute atomic E-state index is 12.6. The van der Waals surface area contributed by atoms with Crippen molar-refractivity contribution >= 4 is 38.9 Å². The van der Waals surface area contributed by atoms with E-state index >= 15 is 0 Å². The Kier molecular flexibility index (Phi) is 6.61. The zero-order chi connectivity index (χ0) is 18.7. The van der Waals surface area contributed by atoms with Crippen LogP contribution in [0.1, 0.15) is 32.1 Å². The Bertz CT molecular complexity index is 723. The first kappa shape index (κ1) is 20.1. The molecule has 26 heavy (non-hydrogen) atoms. The minimum atomic E-state index is -3.51. The highest BCUT2D eigenvalue weighted by atomic mass is 35.5. The van der Waals surface area contributed by atoms with E-state index in [4.69, 9.17) is 11.6 Å². The lowest BCUT2D eigenvalue weighted by Gasteiger charge is -2.36. The third-order valence-electron chi connectivity index (χ3n) is 5.32. The number of rotatable bonds is 5. The molecular formula is C17H26ClN3O3S2. The van der Waals surface area contributed by atoms with E-state index in [1.54, 1.807) is 17.0 Å². The van der Waals surface area contributed by atoms with Crippen molar-refractivity contribution in [1.29, 1.82) is 0 Å². The molecule has 0 radical (unpaired) electrons. The van der Waals surface area contributed by atoms with Crippen molar-refractivity contribution < 1.29 is 13.2 Å². The molecule has 1 aliphatic carbocycles. The molecule has 6 nitrogen and oxygen atoms in total. The van der Waals surface area contributed by atoms with Crippen molar-refractivity contribution in [3.05, 3.63) is 16.5 Å². The fraction of sp³-hybridized carbons (Fsp3) is 0.706. The Morgan fingerprint density at radius 2 is 1.85 bits per heavy atom. The predicted octanol–water partition coefficient (Wildman–Crippen LogP) is 2.50. The lowest BCUT2D eigenvalue weighted by Crippen LogP contribution is -2.53. The molecule has 0 atom stereocenters. The van der Waals surface area contributed by atoms with Crippen LogP contribution in [0.25, 0.3) is 0 Å². The largest absolute Gasteiger partial charge is 0.339 e. The summed E-state index contributed by atoms with van der Waals surface area (Å²) in [4.78, 5) is 16.5. The molecule has 1 amide bonds. The van der Waals surface area contributed by atoms with Gasteiger partial charge in [0.1, 0.15) is 4.21 Å². The minimum absolute atomic E-state index is 0.0919. The number of sulfonamides is 1. The van der Waals surface area contributed by atoms with E-state index in [2.05, 4.69) is 4.90 Å². The molecule has 9 heteroatoms. The zero-order valence-corrected chi connectivity index (χ0v) is 17.5.